The Morgan fingerprint density at radius 3 is 2.79 bits per heavy atom. The van der Waals surface area contributed by atoms with Crippen LogP contribution < -0.4 is 5.32 Å². The molecule has 0 spiro atoms. The molecule has 1 N–H and O–H groups in total. The molecular weight excluding hydrogens is 262 g/mol. The number of halogens is 1. The van der Waals surface area contributed by atoms with Crippen LogP contribution in [0.4, 0.5) is 0 Å². The number of nitrogens with zero attached hydrogens (tertiary/aromatic N) is 2. The third-order valence-electron chi connectivity index (χ3n) is 3.40. The van der Waals surface area contributed by atoms with Crippen LogP contribution in [0.1, 0.15) is 17.9 Å². The summed E-state index contributed by atoms with van der Waals surface area (Å²) in [5, 5.41) is 7.40. The number of rotatable bonds is 3. The van der Waals surface area contributed by atoms with E-state index in [0.717, 1.165) is 31.0 Å². The molecule has 0 saturated carbocycles. The van der Waals surface area contributed by atoms with Gasteiger partial charge in [-0.1, -0.05) is 35.0 Å². The third-order valence-corrected chi connectivity index (χ3v) is 3.40. The number of hydrogen-bond donors (Lipinski definition) is 1. The molecule has 2 heterocycles. The maximum Gasteiger partial charge on any atom is 0.227 e. The first-order valence-electron chi connectivity index (χ1n) is 6.41. The van der Waals surface area contributed by atoms with Gasteiger partial charge in [0.15, 0.2) is 0 Å². The van der Waals surface area contributed by atoms with Crippen LogP contribution in [0.5, 0.6) is 0 Å². The summed E-state index contributed by atoms with van der Waals surface area (Å²) < 4.78 is 5.32. The van der Waals surface area contributed by atoms with Crippen molar-refractivity contribution >= 4 is 12.4 Å². The minimum absolute atomic E-state index is 0. The van der Waals surface area contributed by atoms with Crippen LogP contribution in [0.2, 0.25) is 0 Å². The molecule has 2 aromatic rings. The first kappa shape index (κ1) is 14.0. The fourth-order valence-corrected chi connectivity index (χ4v) is 2.29. The SMILES string of the molecule is Cc1ccc(-c2noc(CC3CCNC3)n2)cc1.Cl. The molecule has 5 heteroatoms. The van der Waals surface area contributed by atoms with Crippen molar-refractivity contribution in [2.24, 2.45) is 5.92 Å². The largest absolute Gasteiger partial charge is 0.339 e. The summed E-state index contributed by atoms with van der Waals surface area (Å²) in [5.41, 5.74) is 2.25. The number of hydrogen-bond acceptors (Lipinski definition) is 4. The van der Waals surface area contributed by atoms with Gasteiger partial charge < -0.3 is 9.84 Å². The van der Waals surface area contributed by atoms with Crippen molar-refractivity contribution in [3.05, 3.63) is 35.7 Å². The van der Waals surface area contributed by atoms with Gasteiger partial charge in [-0.15, -0.1) is 12.4 Å². The molecule has 1 aromatic heterocycles. The van der Waals surface area contributed by atoms with Crippen molar-refractivity contribution < 1.29 is 4.52 Å². The Labute approximate surface area is 119 Å². The Balaban J connectivity index is 0.00000133. The predicted molar refractivity (Wildman–Crippen MR) is 76.4 cm³/mol. The maximum absolute atomic E-state index is 5.32. The highest BCUT2D eigenvalue weighted by atomic mass is 35.5. The van der Waals surface area contributed by atoms with Crippen LogP contribution >= 0.6 is 12.4 Å². The van der Waals surface area contributed by atoms with Crippen LogP contribution in [0, 0.1) is 12.8 Å². The van der Waals surface area contributed by atoms with E-state index in [-0.39, 0.29) is 12.4 Å². The number of nitrogens with one attached hydrogen (secondary N) is 1. The van der Waals surface area contributed by atoms with Crippen molar-refractivity contribution in [1.82, 2.24) is 15.5 Å². The van der Waals surface area contributed by atoms with Crippen molar-refractivity contribution in [1.29, 1.82) is 0 Å². The molecular formula is C14H18ClN3O. The second-order valence-electron chi connectivity index (χ2n) is 4.94. The smallest absolute Gasteiger partial charge is 0.227 e. The average molecular weight is 280 g/mol. The van der Waals surface area contributed by atoms with Gasteiger partial charge in [-0.3, -0.25) is 0 Å². The summed E-state index contributed by atoms with van der Waals surface area (Å²) in [6.45, 7) is 4.23. The fraction of sp³-hybridized carbons (Fsp3) is 0.429. The van der Waals surface area contributed by atoms with Gasteiger partial charge in [0.1, 0.15) is 0 Å². The zero-order valence-corrected chi connectivity index (χ0v) is 11.7. The Hall–Kier alpha value is -1.39. The highest BCUT2D eigenvalue weighted by Crippen LogP contribution is 2.19. The van der Waals surface area contributed by atoms with Crippen molar-refractivity contribution in [2.45, 2.75) is 19.8 Å². The van der Waals surface area contributed by atoms with Crippen LogP contribution in [0.15, 0.2) is 28.8 Å². The van der Waals surface area contributed by atoms with E-state index in [1.807, 2.05) is 12.1 Å². The zero-order valence-electron chi connectivity index (χ0n) is 10.9. The summed E-state index contributed by atoms with van der Waals surface area (Å²) in [4.78, 5) is 4.47. The molecule has 1 aromatic carbocycles. The molecule has 1 atom stereocenters. The molecule has 0 radical (unpaired) electrons. The summed E-state index contributed by atoms with van der Waals surface area (Å²) in [7, 11) is 0. The van der Waals surface area contributed by atoms with E-state index in [2.05, 4.69) is 34.5 Å². The second kappa shape index (κ2) is 6.17. The molecule has 1 saturated heterocycles. The van der Waals surface area contributed by atoms with Crippen molar-refractivity contribution in [3.63, 3.8) is 0 Å². The van der Waals surface area contributed by atoms with Gasteiger partial charge in [0.05, 0.1) is 0 Å². The molecule has 4 nitrogen and oxygen atoms in total. The van der Waals surface area contributed by atoms with E-state index in [0.29, 0.717) is 11.7 Å². The highest BCUT2D eigenvalue weighted by molar-refractivity contribution is 5.85. The molecule has 1 fully saturated rings. The molecule has 1 aliphatic heterocycles. The third kappa shape index (κ3) is 3.33. The van der Waals surface area contributed by atoms with Gasteiger partial charge in [-0.25, -0.2) is 0 Å². The molecule has 0 amide bonds. The monoisotopic (exact) mass is 279 g/mol. The lowest BCUT2D eigenvalue weighted by Gasteiger charge is -2.01. The van der Waals surface area contributed by atoms with Crippen LogP contribution in [-0.4, -0.2) is 23.2 Å². The van der Waals surface area contributed by atoms with E-state index in [1.54, 1.807) is 0 Å². The fourth-order valence-electron chi connectivity index (χ4n) is 2.29. The van der Waals surface area contributed by atoms with E-state index in [4.69, 9.17) is 4.52 Å². The standard InChI is InChI=1S/C14H17N3O.ClH/c1-10-2-4-12(5-3-10)14-16-13(18-17-14)8-11-6-7-15-9-11;/h2-5,11,15H,6-9H2,1H3;1H. The van der Waals surface area contributed by atoms with E-state index in [1.165, 1.54) is 12.0 Å². The van der Waals surface area contributed by atoms with Crippen LogP contribution in [0.3, 0.4) is 0 Å². The van der Waals surface area contributed by atoms with Gasteiger partial charge in [0.25, 0.3) is 0 Å². The van der Waals surface area contributed by atoms with Gasteiger partial charge in [-0.2, -0.15) is 4.98 Å². The lowest BCUT2D eigenvalue weighted by Crippen LogP contribution is -2.10. The molecule has 0 aliphatic carbocycles. The van der Waals surface area contributed by atoms with Gasteiger partial charge in [0, 0.05) is 12.0 Å². The minimum atomic E-state index is 0. The van der Waals surface area contributed by atoms with Crippen molar-refractivity contribution in [2.75, 3.05) is 13.1 Å². The summed E-state index contributed by atoms with van der Waals surface area (Å²) in [6.07, 6.45) is 2.08. The molecule has 19 heavy (non-hydrogen) atoms. The van der Waals surface area contributed by atoms with E-state index in [9.17, 15) is 0 Å². The Morgan fingerprint density at radius 2 is 2.11 bits per heavy atom. The van der Waals surface area contributed by atoms with E-state index >= 15 is 0 Å². The Bertz CT molecular complexity index is 518. The quantitative estimate of drug-likeness (QED) is 0.938. The number of benzene rings is 1. The second-order valence-corrected chi connectivity index (χ2v) is 4.94. The summed E-state index contributed by atoms with van der Waals surface area (Å²) in [6, 6.07) is 8.18. The maximum atomic E-state index is 5.32. The van der Waals surface area contributed by atoms with Gasteiger partial charge in [-0.05, 0) is 32.4 Å². The van der Waals surface area contributed by atoms with Crippen LogP contribution in [0.25, 0.3) is 11.4 Å². The Kier molecular flexibility index (Phi) is 4.56. The topological polar surface area (TPSA) is 51.0 Å². The first-order valence-corrected chi connectivity index (χ1v) is 6.41. The van der Waals surface area contributed by atoms with Crippen LogP contribution in [-0.2, 0) is 6.42 Å². The molecule has 1 aliphatic rings. The number of aryl methyl sites for hydroxylation is 1. The van der Waals surface area contributed by atoms with E-state index < -0.39 is 0 Å². The molecule has 1 unspecified atom stereocenters. The lowest BCUT2D eigenvalue weighted by molar-refractivity contribution is 0.358. The highest BCUT2D eigenvalue weighted by Gasteiger charge is 2.18. The molecule has 102 valence electrons. The van der Waals surface area contributed by atoms with Gasteiger partial charge >= 0.3 is 0 Å². The first-order chi connectivity index (χ1) is 8.81. The van der Waals surface area contributed by atoms with Crippen molar-refractivity contribution in [3.8, 4) is 11.4 Å². The Morgan fingerprint density at radius 1 is 1.32 bits per heavy atom. The van der Waals surface area contributed by atoms with Gasteiger partial charge in [0.2, 0.25) is 11.7 Å². The normalized spacial score (nSPS) is 18.3. The molecule has 0 bridgehead atoms. The number of aromatic nitrogens is 2. The average Bonchev–Trinajstić information content (AvgIpc) is 3.02. The molecule has 3 rings (SSSR count). The predicted octanol–water partition coefficient (Wildman–Crippen LogP) is 2.62. The summed E-state index contributed by atoms with van der Waals surface area (Å²) in [5.74, 6) is 2.08. The summed E-state index contributed by atoms with van der Waals surface area (Å²) >= 11 is 0. The lowest BCUT2D eigenvalue weighted by atomic mass is 10.1. The zero-order chi connectivity index (χ0) is 12.4. The minimum Gasteiger partial charge on any atom is -0.339 e.